The van der Waals surface area contributed by atoms with Gasteiger partial charge in [-0.2, -0.15) is 0 Å². The minimum Gasteiger partial charge on any atom is -0.445 e. The lowest BCUT2D eigenvalue weighted by molar-refractivity contribution is 0.107. The van der Waals surface area contributed by atoms with Gasteiger partial charge in [0.2, 0.25) is 0 Å². The Hall–Kier alpha value is -0.990. The Morgan fingerprint density at radius 2 is 2.54 bits per heavy atom. The number of ether oxygens (including phenoxy) is 1. The van der Waals surface area contributed by atoms with E-state index in [2.05, 4.69) is 13.5 Å². The highest BCUT2D eigenvalue weighted by Crippen LogP contribution is 2.20. The van der Waals surface area contributed by atoms with E-state index in [9.17, 15) is 4.79 Å². The average molecular weight is 183 g/mol. The Morgan fingerprint density at radius 3 is 3.15 bits per heavy atom. The van der Waals surface area contributed by atoms with Gasteiger partial charge in [0.15, 0.2) is 0 Å². The van der Waals surface area contributed by atoms with Crippen LogP contribution in [0.2, 0.25) is 0 Å². The smallest absolute Gasteiger partial charge is 0.410 e. The second-order valence-electron chi connectivity index (χ2n) is 3.26. The lowest BCUT2D eigenvalue weighted by atomic mass is 10.2. The standard InChI is InChI=1S/C10H17NO2/c1-3-8-13-10(12)11-7-5-6-9(11)4-2/h3,9H,1,4-8H2,2H3. The van der Waals surface area contributed by atoms with Gasteiger partial charge in [-0.05, 0) is 19.3 Å². The molecular weight excluding hydrogens is 166 g/mol. The first kappa shape index (κ1) is 10.1. The summed E-state index contributed by atoms with van der Waals surface area (Å²) in [4.78, 5) is 13.3. The third-order valence-corrected chi connectivity index (χ3v) is 2.41. The predicted molar refractivity (Wildman–Crippen MR) is 51.6 cm³/mol. The van der Waals surface area contributed by atoms with Gasteiger partial charge in [-0.25, -0.2) is 4.79 Å². The van der Waals surface area contributed by atoms with Crippen LogP contribution >= 0.6 is 0 Å². The van der Waals surface area contributed by atoms with Crippen molar-refractivity contribution in [3.8, 4) is 0 Å². The van der Waals surface area contributed by atoms with E-state index < -0.39 is 0 Å². The molecule has 1 aliphatic rings. The van der Waals surface area contributed by atoms with E-state index >= 15 is 0 Å². The van der Waals surface area contributed by atoms with Crippen LogP contribution in [-0.2, 0) is 4.74 Å². The topological polar surface area (TPSA) is 29.5 Å². The number of carbonyl (C=O) groups is 1. The van der Waals surface area contributed by atoms with Crippen molar-refractivity contribution in [1.29, 1.82) is 0 Å². The zero-order valence-corrected chi connectivity index (χ0v) is 8.16. The molecule has 13 heavy (non-hydrogen) atoms. The van der Waals surface area contributed by atoms with Crippen LogP contribution < -0.4 is 0 Å². The third kappa shape index (κ3) is 2.47. The summed E-state index contributed by atoms with van der Waals surface area (Å²) in [5.41, 5.74) is 0. The number of hydrogen-bond donors (Lipinski definition) is 0. The van der Waals surface area contributed by atoms with Gasteiger partial charge in [-0.3, -0.25) is 0 Å². The van der Waals surface area contributed by atoms with Crippen molar-refractivity contribution in [2.75, 3.05) is 13.2 Å². The Labute approximate surface area is 79.4 Å². The van der Waals surface area contributed by atoms with Gasteiger partial charge in [0.05, 0.1) is 0 Å². The number of nitrogens with zero attached hydrogens (tertiary/aromatic N) is 1. The minimum atomic E-state index is -0.191. The molecule has 0 spiro atoms. The second-order valence-corrected chi connectivity index (χ2v) is 3.26. The quantitative estimate of drug-likeness (QED) is 0.628. The lowest BCUT2D eigenvalue weighted by Crippen LogP contribution is -2.35. The maximum Gasteiger partial charge on any atom is 0.410 e. The summed E-state index contributed by atoms with van der Waals surface area (Å²) < 4.78 is 4.98. The molecule has 1 heterocycles. The molecule has 1 amide bonds. The second kappa shape index (κ2) is 4.90. The summed E-state index contributed by atoms with van der Waals surface area (Å²) in [6, 6.07) is 0.386. The molecule has 0 saturated carbocycles. The zero-order valence-electron chi connectivity index (χ0n) is 8.16. The van der Waals surface area contributed by atoms with Gasteiger partial charge in [-0.1, -0.05) is 19.6 Å². The summed E-state index contributed by atoms with van der Waals surface area (Å²) in [6.45, 7) is 6.76. The van der Waals surface area contributed by atoms with Gasteiger partial charge >= 0.3 is 6.09 Å². The van der Waals surface area contributed by atoms with E-state index in [4.69, 9.17) is 4.74 Å². The average Bonchev–Trinajstić information content (AvgIpc) is 2.61. The number of carbonyl (C=O) groups excluding carboxylic acids is 1. The minimum absolute atomic E-state index is 0.191. The molecule has 0 aromatic rings. The molecule has 0 aromatic heterocycles. The zero-order chi connectivity index (χ0) is 9.68. The van der Waals surface area contributed by atoms with Crippen molar-refractivity contribution < 1.29 is 9.53 Å². The molecule has 0 N–H and O–H groups in total. The Bertz CT molecular complexity index is 191. The summed E-state index contributed by atoms with van der Waals surface area (Å²) in [6.07, 6.45) is 4.63. The highest BCUT2D eigenvalue weighted by atomic mass is 16.6. The predicted octanol–water partition coefficient (Wildman–Crippen LogP) is 2.18. The number of rotatable bonds is 3. The van der Waals surface area contributed by atoms with E-state index in [1.165, 1.54) is 0 Å². The molecule has 3 nitrogen and oxygen atoms in total. The molecule has 1 aliphatic heterocycles. The maximum atomic E-state index is 11.4. The van der Waals surface area contributed by atoms with E-state index in [0.29, 0.717) is 12.6 Å². The first-order valence-corrected chi connectivity index (χ1v) is 4.84. The summed E-state index contributed by atoms with van der Waals surface area (Å²) in [5.74, 6) is 0. The van der Waals surface area contributed by atoms with Crippen LogP contribution in [0.3, 0.4) is 0 Å². The van der Waals surface area contributed by atoms with E-state index in [1.807, 2.05) is 4.90 Å². The maximum absolute atomic E-state index is 11.4. The van der Waals surface area contributed by atoms with Crippen molar-refractivity contribution in [3.63, 3.8) is 0 Å². The third-order valence-electron chi connectivity index (χ3n) is 2.41. The van der Waals surface area contributed by atoms with Crippen molar-refractivity contribution in [2.45, 2.75) is 32.2 Å². The van der Waals surface area contributed by atoms with Crippen molar-refractivity contribution in [1.82, 2.24) is 4.90 Å². The van der Waals surface area contributed by atoms with Crippen LogP contribution in [-0.4, -0.2) is 30.2 Å². The van der Waals surface area contributed by atoms with Crippen LogP contribution in [0, 0.1) is 0 Å². The summed E-state index contributed by atoms with van der Waals surface area (Å²) >= 11 is 0. The van der Waals surface area contributed by atoms with Gasteiger partial charge < -0.3 is 9.64 Å². The van der Waals surface area contributed by atoms with Gasteiger partial charge in [-0.15, -0.1) is 0 Å². The van der Waals surface area contributed by atoms with E-state index in [-0.39, 0.29) is 6.09 Å². The van der Waals surface area contributed by atoms with Crippen molar-refractivity contribution in [2.24, 2.45) is 0 Å². The van der Waals surface area contributed by atoms with E-state index in [0.717, 1.165) is 25.8 Å². The van der Waals surface area contributed by atoms with Gasteiger partial charge in [0.25, 0.3) is 0 Å². The SMILES string of the molecule is C=CCOC(=O)N1CCCC1CC. The highest BCUT2D eigenvalue weighted by molar-refractivity contribution is 5.68. The molecule has 0 aliphatic carbocycles. The number of likely N-dealkylation sites (tertiary alicyclic amines) is 1. The molecule has 1 unspecified atom stereocenters. The van der Waals surface area contributed by atoms with Crippen LogP contribution in [0.5, 0.6) is 0 Å². The van der Waals surface area contributed by atoms with Crippen LogP contribution in [0.4, 0.5) is 4.79 Å². The van der Waals surface area contributed by atoms with Gasteiger partial charge in [0, 0.05) is 12.6 Å². The van der Waals surface area contributed by atoms with E-state index in [1.54, 1.807) is 6.08 Å². The molecule has 74 valence electrons. The molecule has 1 atom stereocenters. The molecule has 1 rings (SSSR count). The Balaban J connectivity index is 2.40. The van der Waals surface area contributed by atoms with Crippen LogP contribution in [0.25, 0.3) is 0 Å². The van der Waals surface area contributed by atoms with Crippen molar-refractivity contribution in [3.05, 3.63) is 12.7 Å². The summed E-state index contributed by atoms with van der Waals surface area (Å²) in [5, 5.41) is 0. The lowest BCUT2D eigenvalue weighted by Gasteiger charge is -2.22. The monoisotopic (exact) mass is 183 g/mol. The molecule has 3 heteroatoms. The fourth-order valence-electron chi connectivity index (χ4n) is 1.71. The highest BCUT2D eigenvalue weighted by Gasteiger charge is 2.27. The molecule has 0 bridgehead atoms. The molecule has 1 fully saturated rings. The Morgan fingerprint density at radius 1 is 1.77 bits per heavy atom. The summed E-state index contributed by atoms with van der Waals surface area (Å²) in [7, 11) is 0. The first-order chi connectivity index (χ1) is 6.29. The van der Waals surface area contributed by atoms with Gasteiger partial charge in [0.1, 0.15) is 6.61 Å². The van der Waals surface area contributed by atoms with Crippen molar-refractivity contribution >= 4 is 6.09 Å². The molecule has 0 aromatic carbocycles. The number of hydrogen-bond acceptors (Lipinski definition) is 2. The Kier molecular flexibility index (Phi) is 3.80. The largest absolute Gasteiger partial charge is 0.445 e. The first-order valence-electron chi connectivity index (χ1n) is 4.84. The van der Waals surface area contributed by atoms with Crippen LogP contribution in [0.15, 0.2) is 12.7 Å². The number of amides is 1. The fourth-order valence-corrected chi connectivity index (χ4v) is 1.71. The fraction of sp³-hybridized carbons (Fsp3) is 0.700. The van der Waals surface area contributed by atoms with Crippen LogP contribution in [0.1, 0.15) is 26.2 Å². The molecular formula is C10H17NO2. The molecule has 1 saturated heterocycles. The normalized spacial score (nSPS) is 21.6. The molecule has 0 radical (unpaired) electrons.